The average molecular weight is 146 g/mol. The van der Waals surface area contributed by atoms with Crippen molar-refractivity contribution in [1.29, 1.82) is 0 Å². The van der Waals surface area contributed by atoms with E-state index in [1.54, 1.807) is 13.2 Å². The van der Waals surface area contributed by atoms with Crippen molar-refractivity contribution < 1.29 is 9.59 Å². The molecule has 0 aromatic rings. The van der Waals surface area contributed by atoms with E-state index < -0.39 is 0 Å². The largest absolute Gasteiger partial charge is 0.303 e. The molecular weight excluding hydrogens is 136 g/mol. The third kappa shape index (κ3) is 3.30. The molecule has 0 aromatic carbocycles. The number of rotatable bonds is 3. The molecule has 1 atom stereocenters. The Morgan fingerprint density at radius 1 is 1.78 bits per heavy atom. The number of thioether (sulfide) groups is 1. The molecule has 0 saturated carbocycles. The minimum absolute atomic E-state index is 0.0853. The van der Waals surface area contributed by atoms with Gasteiger partial charge in [0, 0.05) is 12.3 Å². The number of carbonyl (C=O) groups is 2. The number of hydrogen-bond donors (Lipinski definition) is 0. The van der Waals surface area contributed by atoms with E-state index in [2.05, 4.69) is 0 Å². The summed E-state index contributed by atoms with van der Waals surface area (Å²) in [5.41, 5.74) is 0. The first kappa shape index (κ1) is 8.69. The minimum atomic E-state index is -0.113. The lowest BCUT2D eigenvalue weighted by Gasteiger charge is -2.00. The SMILES string of the molecule is CSC(=O)C(C)CC=O. The van der Waals surface area contributed by atoms with Crippen molar-refractivity contribution in [2.24, 2.45) is 5.92 Å². The van der Waals surface area contributed by atoms with E-state index in [4.69, 9.17) is 0 Å². The molecule has 3 heteroatoms. The summed E-state index contributed by atoms with van der Waals surface area (Å²) in [7, 11) is 0. The summed E-state index contributed by atoms with van der Waals surface area (Å²) in [6, 6.07) is 0. The summed E-state index contributed by atoms with van der Waals surface area (Å²) in [4.78, 5) is 20.6. The van der Waals surface area contributed by atoms with Crippen molar-refractivity contribution in [2.45, 2.75) is 13.3 Å². The molecule has 0 bridgehead atoms. The molecule has 9 heavy (non-hydrogen) atoms. The van der Waals surface area contributed by atoms with Gasteiger partial charge in [-0.1, -0.05) is 18.7 Å². The van der Waals surface area contributed by atoms with Crippen LogP contribution in [0.25, 0.3) is 0 Å². The smallest absolute Gasteiger partial charge is 0.191 e. The third-order valence-electron chi connectivity index (χ3n) is 1.05. The van der Waals surface area contributed by atoms with E-state index in [1.807, 2.05) is 0 Å². The normalized spacial score (nSPS) is 12.7. The first-order chi connectivity index (χ1) is 4.22. The lowest BCUT2D eigenvalue weighted by molar-refractivity contribution is -0.117. The standard InChI is InChI=1S/C6H10O2S/c1-5(3-4-7)6(8)9-2/h4-5H,3H2,1-2H3. The molecule has 0 heterocycles. The monoisotopic (exact) mass is 146 g/mol. The molecule has 0 rings (SSSR count). The van der Waals surface area contributed by atoms with Crippen LogP contribution in [0.5, 0.6) is 0 Å². The van der Waals surface area contributed by atoms with Crippen LogP contribution in [-0.4, -0.2) is 17.7 Å². The van der Waals surface area contributed by atoms with Crippen LogP contribution in [0.4, 0.5) is 0 Å². The molecule has 0 N–H and O–H groups in total. The van der Waals surface area contributed by atoms with Crippen LogP contribution in [0, 0.1) is 5.92 Å². The highest BCUT2D eigenvalue weighted by Gasteiger charge is 2.09. The Morgan fingerprint density at radius 2 is 2.33 bits per heavy atom. The maximum Gasteiger partial charge on any atom is 0.191 e. The van der Waals surface area contributed by atoms with Gasteiger partial charge in [-0.2, -0.15) is 0 Å². The second kappa shape index (κ2) is 4.56. The predicted molar refractivity (Wildman–Crippen MR) is 38.4 cm³/mol. The molecule has 2 nitrogen and oxygen atoms in total. The Kier molecular flexibility index (Phi) is 4.40. The zero-order chi connectivity index (χ0) is 7.28. The molecule has 0 aromatic heterocycles. The van der Waals surface area contributed by atoms with Gasteiger partial charge in [0.05, 0.1) is 0 Å². The van der Waals surface area contributed by atoms with Crippen LogP contribution in [0.3, 0.4) is 0 Å². The van der Waals surface area contributed by atoms with Crippen molar-refractivity contribution in [3.05, 3.63) is 0 Å². The lowest BCUT2D eigenvalue weighted by Crippen LogP contribution is -2.05. The van der Waals surface area contributed by atoms with Crippen LogP contribution in [0.2, 0.25) is 0 Å². The van der Waals surface area contributed by atoms with E-state index in [0.29, 0.717) is 6.42 Å². The summed E-state index contributed by atoms with van der Waals surface area (Å²) in [6.45, 7) is 1.76. The Bertz CT molecular complexity index is 112. The van der Waals surface area contributed by atoms with Crippen molar-refractivity contribution in [1.82, 2.24) is 0 Å². The zero-order valence-electron chi connectivity index (χ0n) is 5.59. The second-order valence-electron chi connectivity index (χ2n) is 1.83. The molecule has 0 spiro atoms. The van der Waals surface area contributed by atoms with Gasteiger partial charge in [0.25, 0.3) is 0 Å². The molecule has 1 unspecified atom stereocenters. The topological polar surface area (TPSA) is 34.1 Å². The molecule has 0 saturated heterocycles. The van der Waals surface area contributed by atoms with Crippen molar-refractivity contribution in [2.75, 3.05) is 6.26 Å². The molecule has 0 aliphatic carbocycles. The summed E-state index contributed by atoms with van der Waals surface area (Å²) in [6.07, 6.45) is 2.85. The highest BCUT2D eigenvalue weighted by molar-refractivity contribution is 8.13. The summed E-state index contributed by atoms with van der Waals surface area (Å²) in [5, 5.41) is 0.0853. The summed E-state index contributed by atoms with van der Waals surface area (Å²) in [5.74, 6) is -0.113. The maximum atomic E-state index is 10.7. The summed E-state index contributed by atoms with van der Waals surface area (Å²) < 4.78 is 0. The van der Waals surface area contributed by atoms with Gasteiger partial charge in [-0.05, 0) is 6.26 Å². The predicted octanol–water partition coefficient (Wildman–Crippen LogP) is 1.10. The minimum Gasteiger partial charge on any atom is -0.303 e. The van der Waals surface area contributed by atoms with Crippen molar-refractivity contribution in [3.8, 4) is 0 Å². The first-order valence-electron chi connectivity index (χ1n) is 2.73. The van der Waals surface area contributed by atoms with Gasteiger partial charge in [-0.3, -0.25) is 4.79 Å². The van der Waals surface area contributed by atoms with E-state index in [1.165, 1.54) is 11.8 Å². The third-order valence-corrected chi connectivity index (χ3v) is 1.86. The second-order valence-corrected chi connectivity index (χ2v) is 2.64. The van der Waals surface area contributed by atoms with Gasteiger partial charge in [-0.25, -0.2) is 0 Å². The van der Waals surface area contributed by atoms with Gasteiger partial charge in [-0.15, -0.1) is 0 Å². The van der Waals surface area contributed by atoms with E-state index in [-0.39, 0.29) is 11.0 Å². The Hall–Kier alpha value is -0.310. The van der Waals surface area contributed by atoms with Gasteiger partial charge < -0.3 is 4.79 Å². The maximum absolute atomic E-state index is 10.7. The van der Waals surface area contributed by atoms with Crippen LogP contribution >= 0.6 is 11.8 Å². The molecule has 0 aliphatic heterocycles. The molecule has 0 aliphatic rings. The van der Waals surface area contributed by atoms with Gasteiger partial charge in [0.15, 0.2) is 5.12 Å². The quantitative estimate of drug-likeness (QED) is 0.559. The van der Waals surface area contributed by atoms with Crippen LogP contribution in [0.1, 0.15) is 13.3 Å². The van der Waals surface area contributed by atoms with E-state index >= 15 is 0 Å². The van der Waals surface area contributed by atoms with Crippen LogP contribution in [0.15, 0.2) is 0 Å². The van der Waals surface area contributed by atoms with Gasteiger partial charge in [0.1, 0.15) is 6.29 Å². The zero-order valence-corrected chi connectivity index (χ0v) is 6.40. The van der Waals surface area contributed by atoms with E-state index in [9.17, 15) is 9.59 Å². The van der Waals surface area contributed by atoms with E-state index in [0.717, 1.165) is 6.29 Å². The van der Waals surface area contributed by atoms with Crippen LogP contribution in [-0.2, 0) is 9.59 Å². The Morgan fingerprint density at radius 3 is 2.67 bits per heavy atom. The van der Waals surface area contributed by atoms with Crippen molar-refractivity contribution in [3.63, 3.8) is 0 Å². The Balaban J connectivity index is 3.58. The number of carbonyl (C=O) groups excluding carboxylic acids is 2. The molecule has 52 valence electrons. The van der Waals surface area contributed by atoms with Gasteiger partial charge in [0.2, 0.25) is 0 Å². The molecular formula is C6H10O2S. The molecule has 0 fully saturated rings. The Labute approximate surface area is 59.0 Å². The molecule has 0 amide bonds. The average Bonchev–Trinajstić information content (AvgIpc) is 1.87. The highest BCUT2D eigenvalue weighted by atomic mass is 32.2. The fourth-order valence-corrected chi connectivity index (χ4v) is 0.940. The van der Waals surface area contributed by atoms with Gasteiger partial charge >= 0.3 is 0 Å². The fourth-order valence-electron chi connectivity index (χ4n) is 0.442. The van der Waals surface area contributed by atoms with Crippen LogP contribution < -0.4 is 0 Å². The van der Waals surface area contributed by atoms with Crippen molar-refractivity contribution >= 4 is 23.2 Å². The number of hydrogen-bond acceptors (Lipinski definition) is 3. The fraction of sp³-hybridized carbons (Fsp3) is 0.667. The lowest BCUT2D eigenvalue weighted by atomic mass is 10.1. The number of aldehydes is 1. The highest BCUT2D eigenvalue weighted by Crippen LogP contribution is 2.09. The summed E-state index contributed by atoms with van der Waals surface area (Å²) >= 11 is 1.18. The molecule has 0 radical (unpaired) electrons. The first-order valence-corrected chi connectivity index (χ1v) is 3.96.